The van der Waals surface area contributed by atoms with Crippen LogP contribution in [0.5, 0.6) is 0 Å². The van der Waals surface area contributed by atoms with Gasteiger partial charge in [0.15, 0.2) is 23.6 Å². The Hall–Kier alpha value is -5.74. The largest absolute Gasteiger partial charge is 0.456 e. The lowest BCUT2D eigenvalue weighted by Gasteiger charge is -2.67. The molecule has 11 atom stereocenters. The second-order valence-electron chi connectivity index (χ2n) is 18.3. The fourth-order valence-corrected chi connectivity index (χ4v) is 10.5. The van der Waals surface area contributed by atoms with Crippen molar-refractivity contribution in [2.24, 2.45) is 16.7 Å². The molecule has 346 valence electrons. The van der Waals surface area contributed by atoms with E-state index in [1.54, 1.807) is 99.6 Å². The van der Waals surface area contributed by atoms with Crippen LogP contribution in [0.15, 0.2) is 102 Å². The van der Waals surface area contributed by atoms with Gasteiger partial charge in [-0.05, 0) is 61.2 Å². The summed E-state index contributed by atoms with van der Waals surface area (Å²) in [5, 5.41) is 40.6. The Balaban J connectivity index is 1.40. The average Bonchev–Trinajstić information content (AvgIpc) is 3.28. The lowest BCUT2D eigenvalue weighted by atomic mass is 9.44. The Kier molecular flexibility index (Phi) is 13.3. The van der Waals surface area contributed by atoms with E-state index in [1.807, 2.05) is 6.92 Å². The predicted molar refractivity (Wildman–Crippen MR) is 232 cm³/mol. The molecule has 65 heavy (non-hydrogen) atoms. The fraction of sp³-hybridized carbons (Fsp3) is 0.480. The number of esters is 4. The molecule has 15 nitrogen and oxygen atoms in total. The van der Waals surface area contributed by atoms with Crippen LogP contribution in [-0.2, 0) is 42.9 Å². The SMILES string of the molecule is CCCCC(=O)O[C@H]1C(=O)[C@@]2(C)[C@H]([C@H](OC(=O)c3ccccc3)[C@]3(O)C[C@H](OC(=O)[C@H](O)[C@@H](NC(=O)c4ccccc4)c4ccccc4)C(C)=C1C3(C)C)[C@]1(OC(C)=O)CO[C@@H]1C[C@@H]2O. The number of unbranched alkanes of at least 4 members (excludes halogenated alkanes) is 1. The van der Waals surface area contributed by atoms with Crippen molar-refractivity contribution in [3.8, 4) is 0 Å². The number of aliphatic hydroxyl groups is 3. The van der Waals surface area contributed by atoms with Crippen molar-refractivity contribution < 1.29 is 67.8 Å². The number of ketones is 1. The Morgan fingerprint density at radius 1 is 0.877 bits per heavy atom. The predicted octanol–water partition coefficient (Wildman–Crippen LogP) is 4.91. The molecule has 3 fully saturated rings. The molecule has 3 aliphatic carbocycles. The van der Waals surface area contributed by atoms with Crippen LogP contribution in [0.4, 0.5) is 0 Å². The summed E-state index contributed by atoms with van der Waals surface area (Å²) >= 11 is 0. The molecule has 15 heteroatoms. The minimum Gasteiger partial charge on any atom is -0.456 e. The number of amides is 1. The third kappa shape index (κ3) is 8.28. The van der Waals surface area contributed by atoms with Gasteiger partial charge in [0.25, 0.3) is 5.91 Å². The molecule has 4 aliphatic rings. The lowest BCUT2D eigenvalue weighted by molar-refractivity contribution is -0.346. The molecule has 0 unspecified atom stereocenters. The van der Waals surface area contributed by atoms with Crippen molar-refractivity contribution >= 4 is 35.6 Å². The van der Waals surface area contributed by atoms with E-state index in [4.69, 9.17) is 23.7 Å². The highest BCUT2D eigenvalue weighted by molar-refractivity contribution is 5.96. The maximum absolute atomic E-state index is 15.8. The van der Waals surface area contributed by atoms with Gasteiger partial charge in [-0.15, -0.1) is 0 Å². The van der Waals surface area contributed by atoms with Crippen molar-refractivity contribution in [1.29, 1.82) is 0 Å². The number of carbonyl (C=O) groups excluding carboxylic acids is 6. The van der Waals surface area contributed by atoms with E-state index in [1.165, 1.54) is 19.1 Å². The zero-order valence-electron chi connectivity index (χ0n) is 37.4. The minimum atomic E-state index is -2.40. The highest BCUT2D eigenvalue weighted by Crippen LogP contribution is 2.64. The van der Waals surface area contributed by atoms with Crippen LogP contribution in [0.2, 0.25) is 0 Å². The summed E-state index contributed by atoms with van der Waals surface area (Å²) in [4.78, 5) is 84.9. The molecule has 1 saturated heterocycles. The van der Waals surface area contributed by atoms with E-state index in [2.05, 4.69) is 5.32 Å². The van der Waals surface area contributed by atoms with Gasteiger partial charge in [-0.2, -0.15) is 0 Å². The molecule has 2 saturated carbocycles. The van der Waals surface area contributed by atoms with Crippen molar-refractivity contribution in [1.82, 2.24) is 5.32 Å². The number of ether oxygens (including phenoxy) is 5. The Morgan fingerprint density at radius 3 is 2.05 bits per heavy atom. The number of hydrogen-bond donors (Lipinski definition) is 4. The normalized spacial score (nSPS) is 30.9. The van der Waals surface area contributed by atoms with Gasteiger partial charge in [0.2, 0.25) is 0 Å². The number of nitrogens with one attached hydrogen (secondary N) is 1. The van der Waals surface area contributed by atoms with Gasteiger partial charge < -0.3 is 44.3 Å². The summed E-state index contributed by atoms with van der Waals surface area (Å²) in [7, 11) is 0. The van der Waals surface area contributed by atoms with Crippen LogP contribution >= 0.6 is 0 Å². The van der Waals surface area contributed by atoms with Gasteiger partial charge in [0.05, 0.1) is 35.6 Å². The van der Waals surface area contributed by atoms with Gasteiger partial charge in [-0.25, -0.2) is 9.59 Å². The highest BCUT2D eigenvalue weighted by Gasteiger charge is 2.78. The average molecular weight is 896 g/mol. The maximum atomic E-state index is 15.8. The first-order chi connectivity index (χ1) is 30.8. The molecular formula is C50H57NO14. The van der Waals surface area contributed by atoms with Crippen LogP contribution in [0.25, 0.3) is 0 Å². The Labute approximate surface area is 377 Å². The van der Waals surface area contributed by atoms with Crippen LogP contribution in [0.3, 0.4) is 0 Å². The third-order valence-corrected chi connectivity index (χ3v) is 14.2. The molecule has 0 radical (unpaired) electrons. The number of aliphatic hydroxyl groups excluding tert-OH is 2. The summed E-state index contributed by atoms with van der Waals surface area (Å²) in [5.74, 6) is -6.66. The van der Waals surface area contributed by atoms with Gasteiger partial charge in [0, 0.05) is 37.2 Å². The first-order valence-electron chi connectivity index (χ1n) is 22.0. The van der Waals surface area contributed by atoms with Crippen LogP contribution in [-0.4, -0.2) is 105 Å². The summed E-state index contributed by atoms with van der Waals surface area (Å²) in [6, 6.07) is 23.0. The summed E-state index contributed by atoms with van der Waals surface area (Å²) in [5.41, 5.74) is -6.99. The second-order valence-corrected chi connectivity index (χ2v) is 18.3. The van der Waals surface area contributed by atoms with E-state index in [0.717, 1.165) is 6.92 Å². The first-order valence-corrected chi connectivity index (χ1v) is 22.0. The van der Waals surface area contributed by atoms with E-state index in [9.17, 15) is 39.3 Å². The number of hydrogen-bond acceptors (Lipinski definition) is 14. The molecule has 1 heterocycles. The highest BCUT2D eigenvalue weighted by atomic mass is 16.6. The number of fused-ring (bicyclic) bond motifs is 5. The van der Waals surface area contributed by atoms with Crippen molar-refractivity contribution in [2.75, 3.05) is 6.61 Å². The Bertz CT molecular complexity index is 2330. The molecule has 2 bridgehead atoms. The minimum absolute atomic E-state index is 0.0199. The quantitative estimate of drug-likeness (QED) is 0.102. The first kappa shape index (κ1) is 47.2. The molecule has 1 amide bonds. The lowest BCUT2D eigenvalue weighted by Crippen LogP contribution is -2.82. The number of Topliss-reactive ketones (excluding diaryl/α,β-unsaturated/α-hetero) is 1. The van der Waals surface area contributed by atoms with E-state index < -0.39 is 113 Å². The van der Waals surface area contributed by atoms with Crippen molar-refractivity contribution in [3.63, 3.8) is 0 Å². The van der Waals surface area contributed by atoms with Crippen LogP contribution < -0.4 is 5.32 Å². The Morgan fingerprint density at radius 2 is 1.48 bits per heavy atom. The van der Waals surface area contributed by atoms with Gasteiger partial charge in [-0.3, -0.25) is 19.2 Å². The fourth-order valence-electron chi connectivity index (χ4n) is 10.5. The van der Waals surface area contributed by atoms with Crippen molar-refractivity contribution in [2.45, 2.75) is 128 Å². The number of benzene rings is 3. The van der Waals surface area contributed by atoms with E-state index >= 15 is 4.79 Å². The summed E-state index contributed by atoms with van der Waals surface area (Å²) in [6.07, 6.45) is -9.54. The molecule has 3 aromatic rings. The molecular weight excluding hydrogens is 839 g/mol. The third-order valence-electron chi connectivity index (χ3n) is 14.2. The molecule has 4 N–H and O–H groups in total. The zero-order valence-corrected chi connectivity index (χ0v) is 37.4. The smallest absolute Gasteiger partial charge is 0.338 e. The standard InChI is InChI=1S/C50H57NO14/c1-7-8-24-36(54)63-40-37-28(2)33(62-46(59)39(55)38(30-18-12-9-13-19-30)51-44(57)31-20-14-10-15-21-31)26-50(60,47(37,4)5)43(64-45(58)32-22-16-11-17-23-32)41-48(6,42(40)56)34(53)25-35-49(41,27-61-35)65-29(3)52/h9-23,33-35,38-41,43,53,55,60H,7-8,24-27H2,1-6H3,(H,51,57)/t33-,34-,35+,38-,39+,40+,41-,43-,48+,49-,50+/m0/s1. The molecule has 0 aromatic heterocycles. The summed E-state index contributed by atoms with van der Waals surface area (Å²) in [6.45, 7) is 8.87. The maximum Gasteiger partial charge on any atom is 0.338 e. The van der Waals surface area contributed by atoms with Gasteiger partial charge in [0.1, 0.15) is 23.9 Å². The topological polar surface area (TPSA) is 221 Å². The molecule has 7 rings (SSSR count). The van der Waals surface area contributed by atoms with Crippen LogP contribution in [0.1, 0.15) is 106 Å². The molecule has 3 aromatic carbocycles. The molecule has 0 spiro atoms. The second kappa shape index (κ2) is 18.3. The zero-order chi connectivity index (χ0) is 47.1. The van der Waals surface area contributed by atoms with Gasteiger partial charge >= 0.3 is 23.9 Å². The van der Waals surface area contributed by atoms with E-state index in [-0.39, 0.29) is 41.7 Å². The van der Waals surface area contributed by atoms with E-state index in [0.29, 0.717) is 18.4 Å². The van der Waals surface area contributed by atoms with Gasteiger partial charge in [-0.1, -0.05) is 93.9 Å². The van der Waals surface area contributed by atoms with Crippen molar-refractivity contribution in [3.05, 3.63) is 119 Å². The van der Waals surface area contributed by atoms with Crippen LogP contribution in [0, 0.1) is 16.7 Å². The molecule has 1 aliphatic heterocycles. The number of carbonyl (C=O) groups is 6. The number of rotatable bonds is 13. The monoisotopic (exact) mass is 895 g/mol. The summed E-state index contributed by atoms with van der Waals surface area (Å²) < 4.78 is 30.8.